The Hall–Kier alpha value is -3.23. The molecule has 1 saturated heterocycles. The summed E-state index contributed by atoms with van der Waals surface area (Å²) in [7, 11) is 1.53. The van der Waals surface area contributed by atoms with Gasteiger partial charge in [-0.3, -0.25) is 14.5 Å². The van der Waals surface area contributed by atoms with E-state index in [-0.39, 0.29) is 16.5 Å². The van der Waals surface area contributed by atoms with Crippen LogP contribution >= 0.6 is 22.9 Å². The molecule has 1 N–H and O–H groups in total. The second-order valence-electron chi connectivity index (χ2n) is 6.55. The number of halogens is 1. The van der Waals surface area contributed by atoms with Crippen molar-refractivity contribution < 1.29 is 19.4 Å². The molecule has 30 heavy (non-hydrogen) atoms. The van der Waals surface area contributed by atoms with Crippen molar-refractivity contribution in [3.05, 3.63) is 75.3 Å². The van der Waals surface area contributed by atoms with Gasteiger partial charge in [0.25, 0.3) is 5.78 Å². The highest BCUT2D eigenvalue weighted by Crippen LogP contribution is 2.43. The van der Waals surface area contributed by atoms with Crippen LogP contribution in [0.3, 0.4) is 0 Å². The monoisotopic (exact) mass is 441 g/mol. The van der Waals surface area contributed by atoms with Gasteiger partial charge >= 0.3 is 5.91 Å². The number of methoxy groups -OCH3 is 1. The molecule has 0 bridgehead atoms. The first-order valence-corrected chi connectivity index (χ1v) is 10.1. The highest BCUT2D eigenvalue weighted by molar-refractivity contribution is 7.15. The normalized spacial score (nSPS) is 18.1. The van der Waals surface area contributed by atoms with Gasteiger partial charge in [-0.15, -0.1) is 10.2 Å². The van der Waals surface area contributed by atoms with E-state index < -0.39 is 17.7 Å². The predicted octanol–water partition coefficient (Wildman–Crippen LogP) is 4.13. The summed E-state index contributed by atoms with van der Waals surface area (Å²) >= 11 is 7.21. The van der Waals surface area contributed by atoms with Crippen LogP contribution < -0.4 is 9.64 Å². The lowest BCUT2D eigenvalue weighted by atomic mass is 9.95. The van der Waals surface area contributed by atoms with Gasteiger partial charge in [0.2, 0.25) is 5.13 Å². The highest BCUT2D eigenvalue weighted by atomic mass is 35.5. The van der Waals surface area contributed by atoms with Gasteiger partial charge in [0.05, 0.1) is 18.7 Å². The molecule has 1 fully saturated rings. The van der Waals surface area contributed by atoms with Crippen molar-refractivity contribution in [1.29, 1.82) is 0 Å². The van der Waals surface area contributed by atoms with Crippen LogP contribution in [0.25, 0.3) is 5.76 Å². The van der Waals surface area contributed by atoms with Gasteiger partial charge in [-0.05, 0) is 48.9 Å². The number of carbonyl (C=O) groups excluding carboxylic acids is 2. The predicted molar refractivity (Wildman–Crippen MR) is 114 cm³/mol. The van der Waals surface area contributed by atoms with E-state index >= 15 is 0 Å². The van der Waals surface area contributed by atoms with E-state index in [0.29, 0.717) is 26.9 Å². The van der Waals surface area contributed by atoms with Gasteiger partial charge in [0.1, 0.15) is 16.5 Å². The zero-order valence-corrected chi connectivity index (χ0v) is 17.6. The second kappa shape index (κ2) is 7.89. The third-order valence-corrected chi connectivity index (χ3v) is 5.81. The summed E-state index contributed by atoms with van der Waals surface area (Å²) in [6, 6.07) is 12.4. The number of amides is 1. The molecule has 1 aliphatic heterocycles. The van der Waals surface area contributed by atoms with Gasteiger partial charge in [-0.2, -0.15) is 0 Å². The van der Waals surface area contributed by atoms with Crippen LogP contribution in [0.4, 0.5) is 5.13 Å². The van der Waals surface area contributed by atoms with Gasteiger partial charge in [0.15, 0.2) is 0 Å². The molecule has 0 spiro atoms. The molecular weight excluding hydrogens is 426 g/mol. The number of carbonyl (C=O) groups is 2. The van der Waals surface area contributed by atoms with Crippen LogP contribution in [0.5, 0.6) is 5.75 Å². The van der Waals surface area contributed by atoms with Crippen molar-refractivity contribution in [1.82, 2.24) is 10.2 Å². The van der Waals surface area contributed by atoms with Crippen LogP contribution in [0, 0.1) is 6.92 Å². The summed E-state index contributed by atoms with van der Waals surface area (Å²) in [6.45, 7) is 1.76. The van der Waals surface area contributed by atoms with E-state index in [1.807, 2.05) is 0 Å². The highest BCUT2D eigenvalue weighted by Gasteiger charge is 2.48. The number of anilines is 1. The molecule has 1 amide bonds. The van der Waals surface area contributed by atoms with E-state index in [2.05, 4.69) is 10.2 Å². The zero-order chi connectivity index (χ0) is 21.4. The van der Waals surface area contributed by atoms with Gasteiger partial charge in [0, 0.05) is 10.6 Å². The van der Waals surface area contributed by atoms with Crippen LogP contribution in [0.15, 0.2) is 54.1 Å². The maximum atomic E-state index is 13.0. The molecule has 0 aliphatic carbocycles. The first-order chi connectivity index (χ1) is 14.4. The Bertz CT molecular complexity index is 1160. The molecule has 1 aliphatic rings. The maximum absolute atomic E-state index is 13.0. The molecular formula is C21H16ClN3O4S. The van der Waals surface area contributed by atoms with Crippen molar-refractivity contribution in [2.45, 2.75) is 13.0 Å². The molecule has 2 heterocycles. The van der Waals surface area contributed by atoms with Crippen LogP contribution in [-0.2, 0) is 9.59 Å². The number of Topliss-reactive ketones (excluding diaryl/α,β-unsaturated/α-hetero) is 1. The Kier molecular flexibility index (Phi) is 5.27. The minimum Gasteiger partial charge on any atom is -0.507 e. The summed E-state index contributed by atoms with van der Waals surface area (Å²) in [4.78, 5) is 27.2. The largest absolute Gasteiger partial charge is 0.507 e. The minimum atomic E-state index is -0.864. The number of aromatic nitrogens is 2. The molecule has 9 heteroatoms. The number of aryl methyl sites for hydroxylation is 1. The van der Waals surface area contributed by atoms with Crippen molar-refractivity contribution in [2.24, 2.45) is 0 Å². The number of aliphatic hydroxyl groups is 1. The number of hydrogen-bond acceptors (Lipinski definition) is 7. The van der Waals surface area contributed by atoms with Crippen LogP contribution in [0.1, 0.15) is 22.2 Å². The fourth-order valence-electron chi connectivity index (χ4n) is 3.28. The van der Waals surface area contributed by atoms with Gasteiger partial charge < -0.3 is 9.84 Å². The Morgan fingerprint density at radius 1 is 1.10 bits per heavy atom. The Labute approximate surface area is 181 Å². The lowest BCUT2D eigenvalue weighted by Crippen LogP contribution is -2.29. The number of ketones is 1. The summed E-state index contributed by atoms with van der Waals surface area (Å²) < 4.78 is 5.14. The van der Waals surface area contributed by atoms with E-state index in [1.165, 1.54) is 23.3 Å². The van der Waals surface area contributed by atoms with Crippen molar-refractivity contribution in [3.8, 4) is 5.75 Å². The number of nitrogens with zero attached hydrogens (tertiary/aromatic N) is 3. The number of benzene rings is 2. The fourth-order valence-corrected chi connectivity index (χ4v) is 4.12. The Morgan fingerprint density at radius 2 is 1.77 bits per heavy atom. The van der Waals surface area contributed by atoms with Gasteiger partial charge in [-0.1, -0.05) is 35.1 Å². The maximum Gasteiger partial charge on any atom is 0.301 e. The summed E-state index contributed by atoms with van der Waals surface area (Å²) in [5, 5.41) is 20.5. The molecule has 4 rings (SSSR count). The number of rotatable bonds is 4. The van der Waals surface area contributed by atoms with E-state index in [9.17, 15) is 14.7 Å². The molecule has 3 aromatic rings. The average Bonchev–Trinajstić information content (AvgIpc) is 3.29. The fraction of sp³-hybridized carbons (Fsp3) is 0.143. The van der Waals surface area contributed by atoms with E-state index in [0.717, 1.165) is 0 Å². The molecule has 0 radical (unpaired) electrons. The molecule has 7 nitrogen and oxygen atoms in total. The quantitative estimate of drug-likeness (QED) is 0.371. The summed E-state index contributed by atoms with van der Waals surface area (Å²) in [5.41, 5.74) is 0.975. The van der Waals surface area contributed by atoms with E-state index in [4.69, 9.17) is 16.3 Å². The standard InChI is InChI=1S/C21H16ClN3O4S/c1-11-23-24-21(30-11)25-17(12-3-7-14(22)8-4-12)16(19(27)20(25)28)18(26)13-5-9-15(29-2)10-6-13/h3-10,17,26H,1-2H3/b18-16-. The third-order valence-electron chi connectivity index (χ3n) is 4.72. The van der Waals surface area contributed by atoms with Crippen molar-refractivity contribution in [3.63, 3.8) is 0 Å². The molecule has 1 aromatic heterocycles. The zero-order valence-electron chi connectivity index (χ0n) is 16.0. The lowest BCUT2D eigenvalue weighted by Gasteiger charge is -2.22. The van der Waals surface area contributed by atoms with Crippen LogP contribution in [-0.4, -0.2) is 34.1 Å². The van der Waals surface area contributed by atoms with Crippen molar-refractivity contribution >= 4 is 45.5 Å². The minimum absolute atomic E-state index is 0.0275. The average molecular weight is 442 g/mol. The Morgan fingerprint density at radius 3 is 2.33 bits per heavy atom. The molecule has 0 saturated carbocycles. The lowest BCUT2D eigenvalue weighted by molar-refractivity contribution is -0.132. The molecule has 1 unspecified atom stereocenters. The smallest absolute Gasteiger partial charge is 0.301 e. The van der Waals surface area contributed by atoms with Crippen LogP contribution in [0.2, 0.25) is 5.02 Å². The SMILES string of the molecule is COc1ccc(/C(O)=C2/C(=O)C(=O)N(c3nnc(C)s3)C2c2ccc(Cl)cc2)cc1. The number of aliphatic hydroxyl groups excluding tert-OH is 1. The topological polar surface area (TPSA) is 92.6 Å². The second-order valence-corrected chi connectivity index (χ2v) is 8.15. The molecule has 1 atom stereocenters. The number of ether oxygens (including phenoxy) is 1. The van der Waals surface area contributed by atoms with Crippen molar-refractivity contribution in [2.75, 3.05) is 12.0 Å². The molecule has 2 aromatic carbocycles. The van der Waals surface area contributed by atoms with Gasteiger partial charge in [-0.25, -0.2) is 0 Å². The third kappa shape index (κ3) is 3.44. The summed E-state index contributed by atoms with van der Waals surface area (Å²) in [6.07, 6.45) is 0. The summed E-state index contributed by atoms with van der Waals surface area (Å²) in [5.74, 6) is -1.25. The number of hydrogen-bond donors (Lipinski definition) is 1. The van der Waals surface area contributed by atoms with E-state index in [1.54, 1.807) is 55.5 Å². The first-order valence-electron chi connectivity index (χ1n) is 8.91. The molecule has 152 valence electrons. The first kappa shape index (κ1) is 20.1. The Balaban J connectivity index is 1.91.